The largest absolute Gasteiger partial charge is 0.343 e. The van der Waals surface area contributed by atoms with E-state index in [4.69, 9.17) is 11.6 Å². The van der Waals surface area contributed by atoms with E-state index >= 15 is 0 Å². The SMILES string of the molecule is Cc1cccc(C(=O)NC(c2ccccc2)C(C)(C)N2CCCC2C)c1Cl. The summed E-state index contributed by atoms with van der Waals surface area (Å²) >= 11 is 6.41. The summed E-state index contributed by atoms with van der Waals surface area (Å²) < 4.78 is 0. The van der Waals surface area contributed by atoms with Gasteiger partial charge in [0.05, 0.1) is 16.6 Å². The quantitative estimate of drug-likeness (QED) is 0.750. The molecule has 0 aliphatic carbocycles. The van der Waals surface area contributed by atoms with Crippen molar-refractivity contribution in [1.82, 2.24) is 10.2 Å². The van der Waals surface area contributed by atoms with E-state index < -0.39 is 0 Å². The Morgan fingerprint density at radius 3 is 2.52 bits per heavy atom. The minimum Gasteiger partial charge on any atom is -0.343 e. The van der Waals surface area contributed by atoms with E-state index in [0.29, 0.717) is 16.6 Å². The number of hydrogen-bond acceptors (Lipinski definition) is 2. The zero-order valence-corrected chi connectivity index (χ0v) is 17.4. The zero-order valence-electron chi connectivity index (χ0n) is 16.6. The van der Waals surface area contributed by atoms with Gasteiger partial charge in [-0.2, -0.15) is 0 Å². The number of amides is 1. The van der Waals surface area contributed by atoms with Crippen LogP contribution >= 0.6 is 11.6 Å². The maximum absolute atomic E-state index is 13.1. The second-order valence-corrected chi connectivity index (χ2v) is 8.47. The average molecular weight is 385 g/mol. The lowest BCUT2D eigenvalue weighted by molar-refractivity contribution is 0.0632. The van der Waals surface area contributed by atoms with Gasteiger partial charge in [-0.25, -0.2) is 0 Å². The van der Waals surface area contributed by atoms with Gasteiger partial charge in [0.15, 0.2) is 0 Å². The van der Waals surface area contributed by atoms with Gasteiger partial charge in [0.25, 0.3) is 5.91 Å². The van der Waals surface area contributed by atoms with E-state index in [1.165, 1.54) is 12.8 Å². The van der Waals surface area contributed by atoms with Crippen molar-refractivity contribution in [2.24, 2.45) is 0 Å². The van der Waals surface area contributed by atoms with Crippen LogP contribution in [-0.2, 0) is 0 Å². The molecule has 1 aliphatic rings. The molecular weight excluding hydrogens is 356 g/mol. The third-order valence-electron chi connectivity index (χ3n) is 5.84. The van der Waals surface area contributed by atoms with Crippen molar-refractivity contribution < 1.29 is 4.79 Å². The van der Waals surface area contributed by atoms with Gasteiger partial charge in [0.2, 0.25) is 0 Å². The number of nitrogens with one attached hydrogen (secondary N) is 1. The lowest BCUT2D eigenvalue weighted by atomic mass is 9.86. The Morgan fingerprint density at radius 1 is 1.19 bits per heavy atom. The lowest BCUT2D eigenvalue weighted by Crippen LogP contribution is -2.54. The van der Waals surface area contributed by atoms with E-state index in [0.717, 1.165) is 17.7 Å². The minimum absolute atomic E-state index is 0.127. The molecule has 1 N–H and O–H groups in total. The number of carbonyl (C=O) groups is 1. The number of aryl methyl sites for hydroxylation is 1. The van der Waals surface area contributed by atoms with Gasteiger partial charge < -0.3 is 5.32 Å². The minimum atomic E-state index is -0.219. The predicted molar refractivity (Wildman–Crippen MR) is 112 cm³/mol. The predicted octanol–water partition coefficient (Wildman–Crippen LogP) is 5.38. The van der Waals surface area contributed by atoms with Crippen molar-refractivity contribution in [3.63, 3.8) is 0 Å². The summed E-state index contributed by atoms with van der Waals surface area (Å²) in [6.07, 6.45) is 2.40. The van der Waals surface area contributed by atoms with Crippen LogP contribution in [0.25, 0.3) is 0 Å². The first-order chi connectivity index (χ1) is 12.8. The Bertz CT molecular complexity index is 803. The molecule has 1 saturated heterocycles. The maximum atomic E-state index is 13.1. The molecule has 0 radical (unpaired) electrons. The van der Waals surface area contributed by atoms with Crippen LogP contribution in [-0.4, -0.2) is 28.9 Å². The molecule has 0 aromatic heterocycles. The highest BCUT2D eigenvalue weighted by atomic mass is 35.5. The maximum Gasteiger partial charge on any atom is 0.253 e. The molecule has 0 saturated carbocycles. The van der Waals surface area contributed by atoms with Gasteiger partial charge in [-0.15, -0.1) is 0 Å². The molecule has 1 amide bonds. The normalized spacial score (nSPS) is 19.1. The Hall–Kier alpha value is -1.84. The molecule has 2 atom stereocenters. The van der Waals surface area contributed by atoms with Crippen LogP contribution in [0.1, 0.15) is 61.1 Å². The number of likely N-dealkylation sites (tertiary alicyclic amines) is 1. The van der Waals surface area contributed by atoms with E-state index in [-0.39, 0.29) is 17.5 Å². The Kier molecular flexibility index (Phi) is 5.92. The Balaban J connectivity index is 1.96. The summed E-state index contributed by atoms with van der Waals surface area (Å²) in [5, 5.41) is 3.81. The fourth-order valence-corrected chi connectivity index (χ4v) is 4.51. The summed E-state index contributed by atoms with van der Waals surface area (Å²) in [6, 6.07) is 16.2. The van der Waals surface area contributed by atoms with Gasteiger partial charge in [0, 0.05) is 11.6 Å². The summed E-state index contributed by atoms with van der Waals surface area (Å²) in [6.45, 7) is 9.70. The van der Waals surface area contributed by atoms with E-state index in [2.05, 4.69) is 43.1 Å². The summed E-state index contributed by atoms with van der Waals surface area (Å²) in [4.78, 5) is 15.6. The number of benzene rings is 2. The van der Waals surface area contributed by atoms with Crippen molar-refractivity contribution >= 4 is 17.5 Å². The van der Waals surface area contributed by atoms with Crippen LogP contribution in [0.5, 0.6) is 0 Å². The Morgan fingerprint density at radius 2 is 1.89 bits per heavy atom. The molecule has 1 fully saturated rings. The third-order valence-corrected chi connectivity index (χ3v) is 6.35. The molecular formula is C23H29ClN2O. The first kappa shape index (κ1) is 19.9. The van der Waals surface area contributed by atoms with Gasteiger partial charge in [-0.1, -0.05) is 54.1 Å². The highest BCUT2D eigenvalue weighted by molar-refractivity contribution is 6.34. The summed E-state index contributed by atoms with van der Waals surface area (Å²) in [7, 11) is 0. The van der Waals surface area contributed by atoms with Gasteiger partial charge >= 0.3 is 0 Å². The Labute approximate surface area is 167 Å². The van der Waals surface area contributed by atoms with Crippen LogP contribution in [0, 0.1) is 6.92 Å². The van der Waals surface area contributed by atoms with Crippen molar-refractivity contribution in [3.8, 4) is 0 Å². The summed E-state index contributed by atoms with van der Waals surface area (Å²) in [5.74, 6) is -0.127. The molecule has 2 aromatic carbocycles. The molecule has 2 unspecified atom stereocenters. The fourth-order valence-electron chi connectivity index (χ4n) is 4.30. The molecule has 4 heteroatoms. The molecule has 144 valence electrons. The van der Waals surface area contributed by atoms with Crippen LogP contribution in [0.4, 0.5) is 0 Å². The zero-order chi connectivity index (χ0) is 19.6. The third kappa shape index (κ3) is 4.04. The number of carbonyl (C=O) groups excluding carboxylic acids is 1. The summed E-state index contributed by atoms with van der Waals surface area (Å²) in [5.41, 5.74) is 2.33. The van der Waals surface area contributed by atoms with Crippen LogP contribution < -0.4 is 5.32 Å². The van der Waals surface area contributed by atoms with E-state index in [9.17, 15) is 4.79 Å². The highest BCUT2D eigenvalue weighted by Gasteiger charge is 2.41. The second kappa shape index (κ2) is 8.04. The monoisotopic (exact) mass is 384 g/mol. The number of rotatable bonds is 5. The number of halogens is 1. The van der Waals surface area contributed by atoms with E-state index in [1.54, 1.807) is 6.07 Å². The van der Waals surface area contributed by atoms with E-state index in [1.807, 2.05) is 37.3 Å². The van der Waals surface area contributed by atoms with Crippen LogP contribution in [0.15, 0.2) is 48.5 Å². The molecule has 3 rings (SSSR count). The first-order valence-electron chi connectivity index (χ1n) is 9.70. The van der Waals surface area contributed by atoms with Crippen LogP contribution in [0.3, 0.4) is 0 Å². The smallest absolute Gasteiger partial charge is 0.253 e. The van der Waals surface area contributed by atoms with Crippen molar-refractivity contribution in [2.45, 2.75) is 58.2 Å². The van der Waals surface area contributed by atoms with Crippen LogP contribution in [0.2, 0.25) is 5.02 Å². The lowest BCUT2D eigenvalue weighted by Gasteiger charge is -2.45. The molecule has 2 aromatic rings. The second-order valence-electron chi connectivity index (χ2n) is 8.09. The molecule has 1 heterocycles. The van der Waals surface area contributed by atoms with Crippen molar-refractivity contribution in [2.75, 3.05) is 6.54 Å². The number of hydrogen-bond donors (Lipinski definition) is 1. The molecule has 3 nitrogen and oxygen atoms in total. The molecule has 0 bridgehead atoms. The highest BCUT2D eigenvalue weighted by Crippen LogP contribution is 2.36. The first-order valence-corrected chi connectivity index (χ1v) is 10.1. The van der Waals surface area contributed by atoms with Crippen molar-refractivity contribution in [1.29, 1.82) is 0 Å². The number of nitrogens with zero attached hydrogens (tertiary/aromatic N) is 1. The molecule has 27 heavy (non-hydrogen) atoms. The van der Waals surface area contributed by atoms with Gasteiger partial charge in [0.1, 0.15) is 0 Å². The topological polar surface area (TPSA) is 32.3 Å². The fraction of sp³-hybridized carbons (Fsp3) is 0.435. The van der Waals surface area contributed by atoms with Gasteiger partial charge in [-0.05, 0) is 64.3 Å². The standard InChI is InChI=1S/C23H29ClN2O/c1-16-10-8-14-19(20(16)24)22(27)25-21(18-12-6-5-7-13-18)23(3,4)26-15-9-11-17(26)2/h5-8,10,12-14,17,21H,9,11,15H2,1-4H3,(H,25,27). The molecule has 0 spiro atoms. The van der Waals surface area contributed by atoms with Gasteiger partial charge in [-0.3, -0.25) is 9.69 Å². The average Bonchev–Trinajstić information content (AvgIpc) is 3.09. The van der Waals surface area contributed by atoms with Crippen molar-refractivity contribution in [3.05, 3.63) is 70.2 Å². The molecule has 1 aliphatic heterocycles.